The van der Waals surface area contributed by atoms with E-state index < -0.39 is 6.04 Å². The smallest absolute Gasteiger partial charge is 0.244 e. The zero-order chi connectivity index (χ0) is 17.5. The van der Waals surface area contributed by atoms with Gasteiger partial charge in [0.25, 0.3) is 0 Å². The van der Waals surface area contributed by atoms with Gasteiger partial charge in [-0.2, -0.15) is 0 Å². The molecule has 5 heteroatoms. The molecule has 2 rings (SSSR count). The monoisotopic (exact) mass is 330 g/mol. The second kappa shape index (κ2) is 8.52. The number of nitrogens with zero attached hydrogens (tertiary/aromatic N) is 1. The van der Waals surface area contributed by atoms with Gasteiger partial charge in [-0.1, -0.05) is 19.1 Å². The molecule has 0 aromatic heterocycles. The van der Waals surface area contributed by atoms with Crippen molar-refractivity contribution in [2.75, 3.05) is 20.2 Å². The molecule has 1 aliphatic heterocycles. The number of benzene rings is 1. The molecule has 1 aromatic rings. The zero-order valence-corrected chi connectivity index (χ0v) is 14.6. The molecule has 1 heterocycles. The zero-order valence-electron chi connectivity index (χ0n) is 14.6. The Morgan fingerprint density at radius 3 is 2.67 bits per heavy atom. The quantitative estimate of drug-likeness (QED) is 0.844. The van der Waals surface area contributed by atoms with Crippen LogP contribution in [0.1, 0.15) is 32.3 Å². The van der Waals surface area contributed by atoms with E-state index >= 15 is 0 Å². The number of hydrogen-bond donors (Lipinski definition) is 1. The maximum Gasteiger partial charge on any atom is 0.244 e. The van der Waals surface area contributed by atoms with E-state index in [9.17, 15) is 9.59 Å². The van der Waals surface area contributed by atoms with E-state index in [1.165, 1.54) is 6.08 Å². The van der Waals surface area contributed by atoms with E-state index in [4.69, 9.17) is 4.74 Å². The Labute approximate surface area is 143 Å². The van der Waals surface area contributed by atoms with Gasteiger partial charge in [-0.05, 0) is 49.5 Å². The van der Waals surface area contributed by atoms with Crippen molar-refractivity contribution in [3.63, 3.8) is 0 Å². The van der Waals surface area contributed by atoms with Gasteiger partial charge < -0.3 is 15.0 Å². The lowest BCUT2D eigenvalue weighted by atomic mass is 10.00. The number of carbonyl (C=O) groups is 2. The standard InChI is InChI=1S/C19H26N2O3/c1-14-5-4-12-21(13-14)19(23)15(2)20-18(22)11-8-16-6-9-17(24-3)10-7-16/h6-11,14-15H,4-5,12-13H2,1-3H3,(H,20,22)/b11-8+. The number of likely N-dealkylation sites (tertiary alicyclic amines) is 1. The number of piperidine rings is 1. The molecule has 0 bridgehead atoms. The molecule has 1 aliphatic rings. The van der Waals surface area contributed by atoms with Crippen LogP contribution in [0.3, 0.4) is 0 Å². The highest BCUT2D eigenvalue weighted by Gasteiger charge is 2.25. The Kier molecular flexibility index (Phi) is 6.41. The Balaban J connectivity index is 1.86. The molecular weight excluding hydrogens is 304 g/mol. The van der Waals surface area contributed by atoms with Crippen molar-refractivity contribution in [2.45, 2.75) is 32.7 Å². The summed E-state index contributed by atoms with van der Waals surface area (Å²) in [6.45, 7) is 5.45. The van der Waals surface area contributed by atoms with Crippen LogP contribution in [0.25, 0.3) is 6.08 Å². The summed E-state index contributed by atoms with van der Waals surface area (Å²) in [6, 6.07) is 6.89. The van der Waals surface area contributed by atoms with Crippen LogP contribution in [0.15, 0.2) is 30.3 Å². The summed E-state index contributed by atoms with van der Waals surface area (Å²) in [5, 5.41) is 2.74. The molecule has 130 valence electrons. The van der Waals surface area contributed by atoms with Gasteiger partial charge in [0.1, 0.15) is 11.8 Å². The Morgan fingerprint density at radius 2 is 2.04 bits per heavy atom. The Bertz CT molecular complexity index is 595. The predicted molar refractivity (Wildman–Crippen MR) is 94.6 cm³/mol. The number of hydrogen-bond acceptors (Lipinski definition) is 3. The van der Waals surface area contributed by atoms with Crippen LogP contribution in [-0.2, 0) is 9.59 Å². The normalized spacial score (nSPS) is 19.1. The van der Waals surface area contributed by atoms with E-state index in [1.807, 2.05) is 29.2 Å². The van der Waals surface area contributed by atoms with Crippen LogP contribution >= 0.6 is 0 Å². The average molecular weight is 330 g/mol. The second-order valence-electron chi connectivity index (χ2n) is 6.37. The average Bonchev–Trinajstić information content (AvgIpc) is 2.59. The topological polar surface area (TPSA) is 58.6 Å². The first-order valence-electron chi connectivity index (χ1n) is 8.41. The molecular formula is C19H26N2O3. The van der Waals surface area contributed by atoms with Crippen molar-refractivity contribution >= 4 is 17.9 Å². The van der Waals surface area contributed by atoms with Crippen molar-refractivity contribution in [1.29, 1.82) is 0 Å². The van der Waals surface area contributed by atoms with Gasteiger partial charge in [0, 0.05) is 19.2 Å². The van der Waals surface area contributed by atoms with Crippen LogP contribution in [0.5, 0.6) is 5.75 Å². The van der Waals surface area contributed by atoms with Crippen molar-refractivity contribution in [1.82, 2.24) is 10.2 Å². The van der Waals surface area contributed by atoms with Crippen LogP contribution in [0.2, 0.25) is 0 Å². The number of amides is 2. The van der Waals surface area contributed by atoms with E-state index in [0.717, 1.165) is 37.2 Å². The predicted octanol–water partition coefficient (Wildman–Crippen LogP) is 2.47. The highest BCUT2D eigenvalue weighted by molar-refractivity contribution is 5.95. The van der Waals surface area contributed by atoms with Gasteiger partial charge in [0.05, 0.1) is 7.11 Å². The third-order valence-corrected chi connectivity index (χ3v) is 4.24. The summed E-state index contributed by atoms with van der Waals surface area (Å²) in [5.74, 6) is 1.02. The molecule has 5 nitrogen and oxygen atoms in total. The number of carbonyl (C=O) groups excluding carboxylic acids is 2. The van der Waals surface area contributed by atoms with Crippen LogP contribution < -0.4 is 10.1 Å². The first kappa shape index (κ1) is 18.0. The summed E-state index contributed by atoms with van der Waals surface area (Å²) in [4.78, 5) is 26.3. The van der Waals surface area contributed by atoms with E-state index in [-0.39, 0.29) is 11.8 Å². The van der Waals surface area contributed by atoms with E-state index in [2.05, 4.69) is 12.2 Å². The molecule has 1 fully saturated rings. The first-order valence-corrected chi connectivity index (χ1v) is 8.41. The van der Waals surface area contributed by atoms with Gasteiger partial charge in [-0.15, -0.1) is 0 Å². The lowest BCUT2D eigenvalue weighted by molar-refractivity contribution is -0.136. The van der Waals surface area contributed by atoms with Crippen LogP contribution in [0, 0.1) is 5.92 Å². The summed E-state index contributed by atoms with van der Waals surface area (Å²) in [6.07, 6.45) is 5.36. The largest absolute Gasteiger partial charge is 0.497 e. The molecule has 2 atom stereocenters. The fourth-order valence-corrected chi connectivity index (χ4v) is 2.87. The van der Waals surface area contributed by atoms with Crippen molar-refractivity contribution < 1.29 is 14.3 Å². The van der Waals surface area contributed by atoms with Gasteiger partial charge in [-0.3, -0.25) is 9.59 Å². The fourth-order valence-electron chi connectivity index (χ4n) is 2.87. The van der Waals surface area contributed by atoms with Crippen LogP contribution in [0.4, 0.5) is 0 Å². The molecule has 0 saturated carbocycles. The molecule has 0 aliphatic carbocycles. The molecule has 2 amide bonds. The molecule has 1 aromatic carbocycles. The van der Waals surface area contributed by atoms with Gasteiger partial charge in [0.15, 0.2) is 0 Å². The summed E-state index contributed by atoms with van der Waals surface area (Å²) < 4.78 is 5.09. The highest BCUT2D eigenvalue weighted by atomic mass is 16.5. The van der Waals surface area contributed by atoms with Gasteiger partial charge in [0.2, 0.25) is 11.8 Å². The van der Waals surface area contributed by atoms with E-state index in [1.54, 1.807) is 20.1 Å². The van der Waals surface area contributed by atoms with Gasteiger partial charge in [-0.25, -0.2) is 0 Å². The summed E-state index contributed by atoms with van der Waals surface area (Å²) in [5.41, 5.74) is 0.898. The second-order valence-corrected chi connectivity index (χ2v) is 6.37. The summed E-state index contributed by atoms with van der Waals surface area (Å²) in [7, 11) is 1.61. The van der Waals surface area contributed by atoms with Crippen LogP contribution in [-0.4, -0.2) is 43.0 Å². The third kappa shape index (κ3) is 5.11. The fraction of sp³-hybridized carbons (Fsp3) is 0.474. The molecule has 0 spiro atoms. The van der Waals surface area contributed by atoms with Crippen molar-refractivity contribution in [3.8, 4) is 5.75 Å². The summed E-state index contributed by atoms with van der Waals surface area (Å²) >= 11 is 0. The highest BCUT2D eigenvalue weighted by Crippen LogP contribution is 2.16. The first-order chi connectivity index (χ1) is 11.5. The minimum absolute atomic E-state index is 0.00672. The molecule has 1 saturated heterocycles. The Morgan fingerprint density at radius 1 is 1.33 bits per heavy atom. The number of methoxy groups -OCH3 is 1. The minimum atomic E-state index is -0.511. The number of nitrogens with one attached hydrogen (secondary N) is 1. The third-order valence-electron chi connectivity index (χ3n) is 4.24. The van der Waals surface area contributed by atoms with Crippen molar-refractivity contribution in [3.05, 3.63) is 35.9 Å². The molecule has 0 radical (unpaired) electrons. The number of ether oxygens (including phenoxy) is 1. The molecule has 1 N–H and O–H groups in total. The minimum Gasteiger partial charge on any atom is -0.497 e. The molecule has 24 heavy (non-hydrogen) atoms. The molecule has 2 unspecified atom stereocenters. The number of rotatable bonds is 5. The SMILES string of the molecule is COc1ccc(/C=C/C(=O)NC(C)C(=O)N2CCCC(C)C2)cc1. The van der Waals surface area contributed by atoms with E-state index in [0.29, 0.717) is 5.92 Å². The lowest BCUT2D eigenvalue weighted by Gasteiger charge is -2.32. The maximum absolute atomic E-state index is 12.4. The maximum atomic E-state index is 12.4. The van der Waals surface area contributed by atoms with Crippen molar-refractivity contribution in [2.24, 2.45) is 5.92 Å². The lowest BCUT2D eigenvalue weighted by Crippen LogP contribution is -2.49. The Hall–Kier alpha value is -2.30. The van der Waals surface area contributed by atoms with Gasteiger partial charge >= 0.3 is 0 Å².